The first kappa shape index (κ1) is 12.6. The maximum Gasteiger partial charge on any atom is 0.0620 e. The van der Waals surface area contributed by atoms with Crippen molar-refractivity contribution in [3.05, 3.63) is 20.8 Å². The quantitative estimate of drug-likeness (QED) is 0.652. The molecule has 1 fully saturated rings. The predicted octanol–water partition coefficient (Wildman–Crippen LogP) is 3.99. The Balaban J connectivity index is 2.31. The van der Waals surface area contributed by atoms with Gasteiger partial charge in [0.2, 0.25) is 0 Å². The van der Waals surface area contributed by atoms with Gasteiger partial charge in [0.05, 0.1) is 6.04 Å². The van der Waals surface area contributed by atoms with Gasteiger partial charge in [0.15, 0.2) is 0 Å². The van der Waals surface area contributed by atoms with Crippen LogP contribution in [-0.2, 0) is 0 Å². The van der Waals surface area contributed by atoms with Crippen LogP contribution < -0.4 is 11.3 Å². The maximum absolute atomic E-state index is 5.81. The summed E-state index contributed by atoms with van der Waals surface area (Å²) < 4.78 is 1.19. The molecule has 1 aliphatic rings. The molecule has 1 heterocycles. The zero-order chi connectivity index (χ0) is 11.6. The maximum atomic E-state index is 5.81. The molecule has 0 saturated heterocycles. The van der Waals surface area contributed by atoms with E-state index in [4.69, 9.17) is 5.84 Å². The first-order valence-corrected chi connectivity index (χ1v) is 7.60. The molecule has 16 heavy (non-hydrogen) atoms. The molecule has 0 spiro atoms. The van der Waals surface area contributed by atoms with Crippen molar-refractivity contribution in [1.82, 2.24) is 5.43 Å². The van der Waals surface area contributed by atoms with Crippen LogP contribution >= 0.6 is 27.3 Å². The largest absolute Gasteiger partial charge is 0.271 e. The number of nitrogens with one attached hydrogen (secondary N) is 1. The third-order valence-electron chi connectivity index (χ3n) is 3.99. The minimum Gasteiger partial charge on any atom is -0.271 e. The van der Waals surface area contributed by atoms with Crippen LogP contribution in [0.15, 0.2) is 15.9 Å². The number of hydrogen-bond donors (Lipinski definition) is 2. The highest BCUT2D eigenvalue weighted by molar-refractivity contribution is 9.10. The third-order valence-corrected chi connectivity index (χ3v) is 5.93. The van der Waals surface area contributed by atoms with Gasteiger partial charge in [-0.05, 0) is 52.1 Å². The summed E-state index contributed by atoms with van der Waals surface area (Å²) in [5.74, 6) is 5.81. The summed E-state index contributed by atoms with van der Waals surface area (Å²) in [7, 11) is 0. The van der Waals surface area contributed by atoms with Crippen LogP contribution in [0.2, 0.25) is 0 Å². The summed E-state index contributed by atoms with van der Waals surface area (Å²) in [6.07, 6.45) is 6.47. The zero-order valence-electron chi connectivity index (χ0n) is 9.63. The fraction of sp³-hybridized carbons (Fsp3) is 0.667. The molecule has 1 atom stereocenters. The van der Waals surface area contributed by atoms with Crippen LogP contribution in [0.1, 0.15) is 49.9 Å². The minimum absolute atomic E-state index is 0.300. The van der Waals surface area contributed by atoms with E-state index in [1.165, 1.54) is 41.5 Å². The molecule has 0 aromatic carbocycles. The number of halogens is 1. The van der Waals surface area contributed by atoms with E-state index < -0.39 is 0 Å². The van der Waals surface area contributed by atoms with Crippen molar-refractivity contribution in [2.45, 2.75) is 45.1 Å². The second-order valence-electron chi connectivity index (χ2n) is 4.66. The average molecular weight is 303 g/mol. The highest BCUT2D eigenvalue weighted by Gasteiger charge is 2.41. The molecular weight excluding hydrogens is 284 g/mol. The molecule has 1 aromatic heterocycles. The Labute approximate surface area is 110 Å². The molecule has 1 saturated carbocycles. The van der Waals surface area contributed by atoms with E-state index >= 15 is 0 Å². The Morgan fingerprint density at radius 1 is 1.56 bits per heavy atom. The fourth-order valence-corrected chi connectivity index (χ4v) is 4.77. The Kier molecular flexibility index (Phi) is 4.06. The number of hydrazine groups is 1. The summed E-state index contributed by atoms with van der Waals surface area (Å²) >= 11 is 5.42. The molecule has 4 heteroatoms. The second-order valence-corrected chi connectivity index (χ2v) is 6.46. The predicted molar refractivity (Wildman–Crippen MR) is 73.3 cm³/mol. The summed E-state index contributed by atoms with van der Waals surface area (Å²) in [5.41, 5.74) is 3.42. The summed E-state index contributed by atoms with van der Waals surface area (Å²) in [4.78, 5) is 1.35. The normalized spacial score (nSPS) is 21.2. The van der Waals surface area contributed by atoms with Crippen LogP contribution in [0.3, 0.4) is 0 Å². The van der Waals surface area contributed by atoms with Gasteiger partial charge in [0.1, 0.15) is 0 Å². The van der Waals surface area contributed by atoms with Gasteiger partial charge in [-0.15, -0.1) is 11.3 Å². The van der Waals surface area contributed by atoms with E-state index in [1.54, 1.807) is 11.3 Å². The summed E-state index contributed by atoms with van der Waals surface area (Å²) in [5, 5.41) is 2.13. The fourth-order valence-electron chi connectivity index (χ4n) is 2.97. The van der Waals surface area contributed by atoms with Gasteiger partial charge in [-0.1, -0.05) is 19.8 Å². The van der Waals surface area contributed by atoms with Crippen LogP contribution in [0.4, 0.5) is 0 Å². The molecule has 0 amide bonds. The van der Waals surface area contributed by atoms with E-state index in [0.29, 0.717) is 11.5 Å². The lowest BCUT2D eigenvalue weighted by molar-refractivity contribution is 0.190. The number of rotatable bonds is 4. The molecule has 0 radical (unpaired) electrons. The average Bonchev–Trinajstić information content (AvgIpc) is 2.91. The standard InChI is InChI=1S/C12H19BrN2S/c1-2-12(6-3-4-7-12)11(15-14)10-9(13)5-8-16-10/h5,8,11,15H,2-4,6-7,14H2,1H3. The van der Waals surface area contributed by atoms with Crippen molar-refractivity contribution >= 4 is 27.3 Å². The third kappa shape index (κ3) is 2.08. The van der Waals surface area contributed by atoms with Crippen molar-refractivity contribution in [2.75, 3.05) is 0 Å². The Morgan fingerprint density at radius 3 is 2.69 bits per heavy atom. The Morgan fingerprint density at radius 2 is 2.25 bits per heavy atom. The molecule has 3 N–H and O–H groups in total. The van der Waals surface area contributed by atoms with E-state index in [2.05, 4.69) is 39.7 Å². The molecule has 1 aromatic rings. The lowest BCUT2D eigenvalue weighted by Crippen LogP contribution is -2.39. The van der Waals surface area contributed by atoms with Gasteiger partial charge in [-0.2, -0.15) is 0 Å². The molecule has 2 nitrogen and oxygen atoms in total. The number of hydrogen-bond acceptors (Lipinski definition) is 3. The highest BCUT2D eigenvalue weighted by Crippen LogP contribution is 2.51. The van der Waals surface area contributed by atoms with Gasteiger partial charge in [0, 0.05) is 9.35 Å². The van der Waals surface area contributed by atoms with E-state index in [-0.39, 0.29) is 0 Å². The number of thiophene rings is 1. The van der Waals surface area contributed by atoms with Gasteiger partial charge in [-0.3, -0.25) is 11.3 Å². The van der Waals surface area contributed by atoms with Crippen molar-refractivity contribution < 1.29 is 0 Å². The van der Waals surface area contributed by atoms with Crippen LogP contribution in [0.5, 0.6) is 0 Å². The van der Waals surface area contributed by atoms with Gasteiger partial charge in [-0.25, -0.2) is 0 Å². The van der Waals surface area contributed by atoms with Crippen LogP contribution in [0.25, 0.3) is 0 Å². The smallest absolute Gasteiger partial charge is 0.0620 e. The van der Waals surface area contributed by atoms with Gasteiger partial charge in [0.25, 0.3) is 0 Å². The highest BCUT2D eigenvalue weighted by atomic mass is 79.9. The molecule has 1 unspecified atom stereocenters. The first-order chi connectivity index (χ1) is 7.73. The minimum atomic E-state index is 0.300. The lowest BCUT2D eigenvalue weighted by atomic mass is 9.76. The SMILES string of the molecule is CCC1(C(NN)c2sccc2Br)CCCC1. The Hall–Kier alpha value is 0.100. The molecule has 90 valence electrons. The zero-order valence-corrected chi connectivity index (χ0v) is 12.0. The van der Waals surface area contributed by atoms with Crippen molar-refractivity contribution in [3.63, 3.8) is 0 Å². The van der Waals surface area contributed by atoms with Crippen LogP contribution in [-0.4, -0.2) is 0 Å². The first-order valence-electron chi connectivity index (χ1n) is 5.92. The topological polar surface area (TPSA) is 38.0 Å². The summed E-state index contributed by atoms with van der Waals surface area (Å²) in [6.45, 7) is 2.29. The Bertz CT molecular complexity index is 345. The summed E-state index contributed by atoms with van der Waals surface area (Å²) in [6, 6.07) is 2.41. The molecule has 2 rings (SSSR count). The van der Waals surface area contributed by atoms with E-state index in [9.17, 15) is 0 Å². The van der Waals surface area contributed by atoms with E-state index in [1.807, 2.05) is 0 Å². The van der Waals surface area contributed by atoms with Gasteiger partial charge < -0.3 is 0 Å². The molecular formula is C12H19BrN2S. The van der Waals surface area contributed by atoms with Crippen molar-refractivity contribution in [3.8, 4) is 0 Å². The van der Waals surface area contributed by atoms with Crippen LogP contribution in [0, 0.1) is 5.41 Å². The van der Waals surface area contributed by atoms with Crippen molar-refractivity contribution in [2.24, 2.45) is 11.3 Å². The number of nitrogens with two attached hydrogens (primary N) is 1. The van der Waals surface area contributed by atoms with E-state index in [0.717, 1.165) is 0 Å². The second kappa shape index (κ2) is 5.17. The van der Waals surface area contributed by atoms with Gasteiger partial charge >= 0.3 is 0 Å². The monoisotopic (exact) mass is 302 g/mol. The van der Waals surface area contributed by atoms with Crippen molar-refractivity contribution in [1.29, 1.82) is 0 Å². The lowest BCUT2D eigenvalue weighted by Gasteiger charge is -2.36. The molecule has 0 bridgehead atoms. The molecule has 0 aliphatic heterocycles. The molecule has 1 aliphatic carbocycles.